The zero-order chi connectivity index (χ0) is 15.1. The van der Waals surface area contributed by atoms with Crippen molar-refractivity contribution < 1.29 is 4.21 Å². The minimum absolute atomic E-state index is 0.553. The number of rotatable bonds is 7. The molecule has 4 nitrogen and oxygen atoms in total. The van der Waals surface area contributed by atoms with Crippen molar-refractivity contribution in [3.8, 4) is 0 Å². The van der Waals surface area contributed by atoms with Crippen molar-refractivity contribution in [3.05, 3.63) is 35.9 Å². The van der Waals surface area contributed by atoms with Crippen LogP contribution in [0.15, 0.2) is 35.3 Å². The van der Waals surface area contributed by atoms with Crippen LogP contribution in [0.2, 0.25) is 0 Å². The Morgan fingerprint density at radius 2 is 2.10 bits per heavy atom. The number of guanidine groups is 1. The molecule has 0 bridgehead atoms. The Hall–Kier alpha value is -1.36. The number of nitrogens with one attached hydrogen (secondary N) is 2. The number of hydrogen-bond donors (Lipinski definition) is 2. The van der Waals surface area contributed by atoms with Crippen LogP contribution < -0.4 is 10.6 Å². The molecule has 2 N–H and O–H groups in total. The van der Waals surface area contributed by atoms with Crippen LogP contribution in [0.4, 0.5) is 0 Å². The molecule has 1 aliphatic rings. The third-order valence-electron chi connectivity index (χ3n) is 3.54. The van der Waals surface area contributed by atoms with Crippen molar-refractivity contribution in [2.24, 2.45) is 10.9 Å². The summed E-state index contributed by atoms with van der Waals surface area (Å²) < 4.78 is 12.0. The van der Waals surface area contributed by atoms with Crippen LogP contribution in [-0.2, 0) is 16.6 Å². The topological polar surface area (TPSA) is 53.5 Å². The van der Waals surface area contributed by atoms with Crippen molar-refractivity contribution in [2.75, 3.05) is 18.8 Å². The van der Waals surface area contributed by atoms with Crippen LogP contribution in [0.3, 0.4) is 0 Å². The van der Waals surface area contributed by atoms with Gasteiger partial charge in [0.2, 0.25) is 0 Å². The van der Waals surface area contributed by atoms with Crippen LogP contribution in [0, 0.1) is 5.92 Å². The molecule has 3 unspecified atom stereocenters. The van der Waals surface area contributed by atoms with E-state index < -0.39 is 10.8 Å². The molecule has 1 aliphatic carbocycles. The molecule has 0 spiro atoms. The zero-order valence-electron chi connectivity index (χ0n) is 12.8. The molecule has 3 atom stereocenters. The number of hydrogen-bond acceptors (Lipinski definition) is 2. The second-order valence-corrected chi connectivity index (χ2v) is 7.07. The lowest BCUT2D eigenvalue weighted by molar-refractivity contribution is 0.682. The van der Waals surface area contributed by atoms with Gasteiger partial charge in [-0.25, -0.2) is 0 Å². The second-order valence-electron chi connectivity index (χ2n) is 5.50. The molecule has 116 valence electrons. The molecular formula is C16H25N3OS. The van der Waals surface area contributed by atoms with Gasteiger partial charge in [-0.15, -0.1) is 0 Å². The smallest absolute Gasteiger partial charge is 0.191 e. The van der Waals surface area contributed by atoms with Crippen molar-refractivity contribution >= 4 is 16.8 Å². The normalized spacial score (nSPS) is 22.7. The van der Waals surface area contributed by atoms with Crippen molar-refractivity contribution in [1.82, 2.24) is 10.6 Å². The Morgan fingerprint density at radius 3 is 2.71 bits per heavy atom. The fourth-order valence-corrected chi connectivity index (χ4v) is 3.11. The molecule has 0 amide bonds. The molecule has 5 heteroatoms. The van der Waals surface area contributed by atoms with Gasteiger partial charge in [0.25, 0.3) is 0 Å². The molecule has 0 saturated heterocycles. The Kier molecular flexibility index (Phi) is 6.23. The first-order chi connectivity index (χ1) is 10.2. The lowest BCUT2D eigenvalue weighted by atomic mass is 10.2. The maximum atomic E-state index is 12.0. The molecular weight excluding hydrogens is 282 g/mol. The first kappa shape index (κ1) is 16.0. The summed E-state index contributed by atoms with van der Waals surface area (Å²) in [6.45, 7) is 5.73. The lowest BCUT2D eigenvalue weighted by Gasteiger charge is -2.10. The van der Waals surface area contributed by atoms with Crippen LogP contribution >= 0.6 is 0 Å². The molecule has 21 heavy (non-hydrogen) atoms. The van der Waals surface area contributed by atoms with Crippen LogP contribution in [0.5, 0.6) is 0 Å². The van der Waals surface area contributed by atoms with E-state index >= 15 is 0 Å². The highest BCUT2D eigenvalue weighted by Gasteiger charge is 2.33. The minimum atomic E-state index is -0.858. The highest BCUT2D eigenvalue weighted by molar-refractivity contribution is 7.84. The first-order valence-electron chi connectivity index (χ1n) is 7.62. The predicted octanol–water partition coefficient (Wildman–Crippen LogP) is 1.90. The summed E-state index contributed by atoms with van der Waals surface area (Å²) >= 11 is 0. The quantitative estimate of drug-likeness (QED) is 0.597. The minimum Gasteiger partial charge on any atom is -0.357 e. The van der Waals surface area contributed by atoms with Gasteiger partial charge in [-0.05, 0) is 24.8 Å². The molecule has 2 rings (SSSR count). The fraction of sp³-hybridized carbons (Fsp3) is 0.562. The van der Waals surface area contributed by atoms with Crippen molar-refractivity contribution in [3.63, 3.8) is 0 Å². The van der Waals surface area contributed by atoms with E-state index in [1.54, 1.807) is 0 Å². The maximum absolute atomic E-state index is 12.0. The highest BCUT2D eigenvalue weighted by Crippen LogP contribution is 2.28. The van der Waals surface area contributed by atoms with Gasteiger partial charge >= 0.3 is 0 Å². The summed E-state index contributed by atoms with van der Waals surface area (Å²) in [6.07, 6.45) is 1.21. The van der Waals surface area contributed by atoms with E-state index in [2.05, 4.69) is 29.5 Å². The van der Waals surface area contributed by atoms with Crippen LogP contribution in [0.25, 0.3) is 0 Å². The van der Waals surface area contributed by atoms with Crippen LogP contribution in [0.1, 0.15) is 25.8 Å². The van der Waals surface area contributed by atoms with Gasteiger partial charge in [-0.2, -0.15) is 0 Å². The standard InChI is InChI=1S/C16H25N3OS/c1-3-17-16(19-15-11-13(15)2)18-9-10-21(20)12-14-7-5-4-6-8-14/h4-8,13,15H,3,9-12H2,1-2H3,(H2,17,18,19). The average molecular weight is 307 g/mol. The zero-order valence-corrected chi connectivity index (χ0v) is 13.7. The Labute approximate surface area is 129 Å². The van der Waals surface area contributed by atoms with E-state index in [4.69, 9.17) is 0 Å². The van der Waals surface area contributed by atoms with E-state index in [1.165, 1.54) is 6.42 Å². The summed E-state index contributed by atoms with van der Waals surface area (Å²) in [6, 6.07) is 10.5. The van der Waals surface area contributed by atoms with E-state index in [0.29, 0.717) is 24.1 Å². The maximum Gasteiger partial charge on any atom is 0.191 e. The molecule has 1 aromatic carbocycles. The SMILES string of the molecule is CCNC(=NCCS(=O)Cc1ccccc1)NC1CC1C. The predicted molar refractivity (Wildman–Crippen MR) is 89.8 cm³/mol. The number of aliphatic imine (C=N–C) groups is 1. The van der Waals surface area contributed by atoms with Gasteiger partial charge in [-0.3, -0.25) is 9.20 Å². The van der Waals surface area contributed by atoms with Crippen LogP contribution in [-0.4, -0.2) is 35.1 Å². The molecule has 0 aliphatic heterocycles. The third kappa shape index (κ3) is 5.87. The summed E-state index contributed by atoms with van der Waals surface area (Å²) in [5.74, 6) is 2.80. The van der Waals surface area contributed by atoms with Crippen molar-refractivity contribution in [2.45, 2.75) is 32.1 Å². The van der Waals surface area contributed by atoms with Gasteiger partial charge < -0.3 is 10.6 Å². The summed E-state index contributed by atoms with van der Waals surface area (Å²) in [4.78, 5) is 4.51. The van der Waals surface area contributed by atoms with E-state index in [0.717, 1.165) is 24.0 Å². The van der Waals surface area contributed by atoms with Crippen molar-refractivity contribution in [1.29, 1.82) is 0 Å². The highest BCUT2D eigenvalue weighted by atomic mass is 32.2. The average Bonchev–Trinajstić information content (AvgIpc) is 3.15. The molecule has 1 saturated carbocycles. The largest absolute Gasteiger partial charge is 0.357 e. The van der Waals surface area contributed by atoms with E-state index in [9.17, 15) is 4.21 Å². The molecule has 1 fully saturated rings. The summed E-state index contributed by atoms with van der Waals surface area (Å²) in [7, 11) is -0.858. The van der Waals surface area contributed by atoms with Gasteiger partial charge in [0.15, 0.2) is 5.96 Å². The Balaban J connectivity index is 1.74. The molecule has 1 aromatic rings. The van der Waals surface area contributed by atoms with Gasteiger partial charge in [-0.1, -0.05) is 37.3 Å². The Morgan fingerprint density at radius 1 is 1.38 bits per heavy atom. The molecule has 0 aromatic heterocycles. The first-order valence-corrected chi connectivity index (χ1v) is 9.11. The fourth-order valence-electron chi connectivity index (χ4n) is 2.11. The van der Waals surface area contributed by atoms with E-state index in [1.807, 2.05) is 30.3 Å². The second kappa shape index (κ2) is 8.17. The molecule has 0 radical (unpaired) electrons. The number of benzene rings is 1. The van der Waals surface area contributed by atoms with Gasteiger partial charge in [0.1, 0.15) is 0 Å². The third-order valence-corrected chi connectivity index (χ3v) is 4.83. The Bertz CT molecular complexity index is 490. The monoisotopic (exact) mass is 307 g/mol. The molecule has 0 heterocycles. The van der Waals surface area contributed by atoms with Gasteiger partial charge in [0, 0.05) is 34.9 Å². The lowest BCUT2D eigenvalue weighted by Crippen LogP contribution is -2.39. The summed E-state index contributed by atoms with van der Waals surface area (Å²) in [5, 5.41) is 6.64. The number of nitrogens with zero attached hydrogens (tertiary/aromatic N) is 1. The van der Waals surface area contributed by atoms with Gasteiger partial charge in [0.05, 0.1) is 6.54 Å². The summed E-state index contributed by atoms with van der Waals surface area (Å²) in [5.41, 5.74) is 1.12. The van der Waals surface area contributed by atoms with E-state index in [-0.39, 0.29) is 0 Å².